The number of carbonyl (C=O) groups excluding carboxylic acids is 1. The molecule has 0 aliphatic heterocycles. The van der Waals surface area contributed by atoms with E-state index >= 15 is 0 Å². The highest BCUT2D eigenvalue weighted by atomic mass is 35.5. The van der Waals surface area contributed by atoms with Gasteiger partial charge in [-0.3, -0.25) is 14.9 Å². The molecule has 98 valence electrons. The van der Waals surface area contributed by atoms with Gasteiger partial charge in [-0.05, 0) is 18.8 Å². The SMILES string of the molecule is N#CC(NC(=O)c1cc([N+](=O)[O-])cnc1Cl)C1CC1. The Balaban J connectivity index is 2.20. The molecule has 1 amide bonds. The zero-order chi connectivity index (χ0) is 14.0. The summed E-state index contributed by atoms with van der Waals surface area (Å²) in [6.45, 7) is 0. The molecule has 19 heavy (non-hydrogen) atoms. The number of pyridine rings is 1. The Morgan fingerprint density at radius 3 is 2.89 bits per heavy atom. The molecule has 1 heterocycles. The fraction of sp³-hybridized carbons (Fsp3) is 0.364. The number of hydrogen-bond donors (Lipinski definition) is 1. The van der Waals surface area contributed by atoms with Crippen LogP contribution in [0.4, 0.5) is 5.69 Å². The van der Waals surface area contributed by atoms with Crippen molar-refractivity contribution >= 4 is 23.2 Å². The molecule has 1 saturated carbocycles. The van der Waals surface area contributed by atoms with Crippen molar-refractivity contribution in [1.29, 1.82) is 5.26 Å². The zero-order valence-corrected chi connectivity index (χ0v) is 10.4. The van der Waals surface area contributed by atoms with Gasteiger partial charge in [0.2, 0.25) is 0 Å². The number of nitrogens with zero attached hydrogens (tertiary/aromatic N) is 3. The van der Waals surface area contributed by atoms with E-state index in [1.54, 1.807) is 0 Å². The molecule has 1 aromatic heterocycles. The van der Waals surface area contributed by atoms with Gasteiger partial charge in [0.15, 0.2) is 0 Å². The number of nitro groups is 1. The van der Waals surface area contributed by atoms with Crippen LogP contribution in [0.2, 0.25) is 5.15 Å². The quantitative estimate of drug-likeness (QED) is 0.512. The third-order valence-electron chi connectivity index (χ3n) is 2.80. The van der Waals surface area contributed by atoms with Crippen LogP contribution in [0.5, 0.6) is 0 Å². The predicted octanol–water partition coefficient (Wildman–Crippen LogP) is 1.68. The Kier molecular flexibility index (Phi) is 3.62. The maximum atomic E-state index is 11.9. The number of aromatic nitrogens is 1. The molecular formula is C11H9ClN4O3. The van der Waals surface area contributed by atoms with Gasteiger partial charge < -0.3 is 5.32 Å². The largest absolute Gasteiger partial charge is 0.336 e. The minimum absolute atomic E-state index is 0.100. The molecule has 1 aromatic rings. The van der Waals surface area contributed by atoms with E-state index in [4.69, 9.17) is 16.9 Å². The first kappa shape index (κ1) is 13.2. The molecule has 1 aliphatic rings. The van der Waals surface area contributed by atoms with Gasteiger partial charge in [-0.25, -0.2) is 4.98 Å². The topological polar surface area (TPSA) is 109 Å². The van der Waals surface area contributed by atoms with Gasteiger partial charge in [0.1, 0.15) is 17.4 Å². The highest BCUT2D eigenvalue weighted by Gasteiger charge is 2.33. The number of carbonyl (C=O) groups is 1. The van der Waals surface area contributed by atoms with E-state index in [1.165, 1.54) is 0 Å². The highest BCUT2D eigenvalue weighted by Crippen LogP contribution is 2.32. The number of rotatable bonds is 4. The number of hydrogen-bond acceptors (Lipinski definition) is 5. The van der Waals surface area contributed by atoms with Crippen molar-refractivity contribution in [2.24, 2.45) is 5.92 Å². The third-order valence-corrected chi connectivity index (χ3v) is 3.10. The second-order valence-corrected chi connectivity index (χ2v) is 4.56. The Bertz CT molecular complexity index is 580. The van der Waals surface area contributed by atoms with Crippen molar-refractivity contribution in [2.45, 2.75) is 18.9 Å². The smallest absolute Gasteiger partial charge is 0.288 e. The monoisotopic (exact) mass is 280 g/mol. The lowest BCUT2D eigenvalue weighted by Crippen LogP contribution is -2.35. The van der Waals surface area contributed by atoms with Crippen LogP contribution in [-0.2, 0) is 0 Å². The molecule has 2 rings (SSSR count). The maximum absolute atomic E-state index is 11.9. The lowest BCUT2D eigenvalue weighted by Gasteiger charge is -2.10. The predicted molar refractivity (Wildman–Crippen MR) is 65.5 cm³/mol. The van der Waals surface area contributed by atoms with Gasteiger partial charge in [0.05, 0.1) is 16.6 Å². The van der Waals surface area contributed by atoms with E-state index in [2.05, 4.69) is 10.3 Å². The third kappa shape index (κ3) is 2.98. The Morgan fingerprint density at radius 1 is 1.68 bits per heavy atom. The summed E-state index contributed by atoms with van der Waals surface area (Å²) >= 11 is 5.74. The molecule has 1 atom stereocenters. The maximum Gasteiger partial charge on any atom is 0.288 e. The van der Waals surface area contributed by atoms with E-state index in [-0.39, 0.29) is 22.3 Å². The minimum Gasteiger partial charge on any atom is -0.336 e. The first-order valence-electron chi connectivity index (χ1n) is 5.53. The average Bonchev–Trinajstić information content (AvgIpc) is 3.20. The van der Waals surface area contributed by atoms with Crippen LogP contribution in [0.25, 0.3) is 0 Å². The molecule has 0 saturated heterocycles. The van der Waals surface area contributed by atoms with Crippen molar-refractivity contribution in [1.82, 2.24) is 10.3 Å². The van der Waals surface area contributed by atoms with E-state index in [1.807, 2.05) is 6.07 Å². The summed E-state index contributed by atoms with van der Waals surface area (Å²) in [4.78, 5) is 25.5. The van der Waals surface area contributed by atoms with Crippen LogP contribution in [0.1, 0.15) is 23.2 Å². The average molecular weight is 281 g/mol. The molecule has 1 aliphatic carbocycles. The lowest BCUT2D eigenvalue weighted by atomic mass is 10.2. The van der Waals surface area contributed by atoms with Gasteiger partial charge in [-0.15, -0.1) is 0 Å². The molecule has 8 heteroatoms. The minimum atomic E-state index is -0.664. The first-order valence-corrected chi connectivity index (χ1v) is 5.91. The van der Waals surface area contributed by atoms with Crippen molar-refractivity contribution in [3.05, 3.63) is 33.1 Å². The summed E-state index contributed by atoms with van der Waals surface area (Å²) in [6.07, 6.45) is 2.75. The number of halogens is 1. The fourth-order valence-corrected chi connectivity index (χ4v) is 1.79. The van der Waals surface area contributed by atoms with Crippen LogP contribution in [-0.4, -0.2) is 21.9 Å². The molecule has 0 radical (unpaired) electrons. The molecule has 0 spiro atoms. The summed E-state index contributed by atoms with van der Waals surface area (Å²) in [6, 6.07) is 2.45. The van der Waals surface area contributed by atoms with Crippen LogP contribution in [0, 0.1) is 27.4 Å². The Hall–Kier alpha value is -2.20. The fourth-order valence-electron chi connectivity index (χ4n) is 1.60. The van der Waals surface area contributed by atoms with Crippen LogP contribution >= 0.6 is 11.6 Å². The lowest BCUT2D eigenvalue weighted by molar-refractivity contribution is -0.385. The highest BCUT2D eigenvalue weighted by molar-refractivity contribution is 6.32. The summed E-state index contributed by atoms with van der Waals surface area (Å²) < 4.78 is 0. The van der Waals surface area contributed by atoms with E-state index in [0.29, 0.717) is 0 Å². The van der Waals surface area contributed by atoms with Crippen molar-refractivity contribution < 1.29 is 9.72 Å². The number of nitriles is 1. The van der Waals surface area contributed by atoms with Crippen molar-refractivity contribution in [3.8, 4) is 6.07 Å². The standard InChI is InChI=1S/C11H9ClN4O3/c12-10-8(3-7(5-14-10)16(18)19)11(17)15-9(4-13)6-1-2-6/h3,5-6,9H,1-2H2,(H,15,17). The van der Waals surface area contributed by atoms with Crippen molar-refractivity contribution in [2.75, 3.05) is 0 Å². The van der Waals surface area contributed by atoms with Crippen LogP contribution in [0.3, 0.4) is 0 Å². The second-order valence-electron chi connectivity index (χ2n) is 4.21. The van der Waals surface area contributed by atoms with E-state index in [9.17, 15) is 14.9 Å². The summed E-state index contributed by atoms with van der Waals surface area (Å²) in [5.74, 6) is -0.473. The Morgan fingerprint density at radius 2 is 2.37 bits per heavy atom. The Labute approximate surface area is 113 Å². The first-order chi connectivity index (χ1) is 9.02. The van der Waals surface area contributed by atoms with E-state index < -0.39 is 16.9 Å². The van der Waals surface area contributed by atoms with Gasteiger partial charge in [0, 0.05) is 6.07 Å². The van der Waals surface area contributed by atoms with Crippen molar-refractivity contribution in [3.63, 3.8) is 0 Å². The molecular weight excluding hydrogens is 272 g/mol. The molecule has 1 N–H and O–H groups in total. The van der Waals surface area contributed by atoms with Crippen LogP contribution in [0.15, 0.2) is 12.3 Å². The van der Waals surface area contributed by atoms with E-state index in [0.717, 1.165) is 25.1 Å². The molecule has 0 bridgehead atoms. The summed E-state index contributed by atoms with van der Waals surface area (Å²) in [5, 5.41) is 21.9. The second kappa shape index (κ2) is 5.20. The molecule has 1 fully saturated rings. The zero-order valence-electron chi connectivity index (χ0n) is 9.67. The van der Waals surface area contributed by atoms with Gasteiger partial charge in [0.25, 0.3) is 11.6 Å². The van der Waals surface area contributed by atoms with Gasteiger partial charge in [-0.2, -0.15) is 5.26 Å². The summed E-state index contributed by atoms with van der Waals surface area (Å²) in [7, 11) is 0. The van der Waals surface area contributed by atoms with Crippen LogP contribution < -0.4 is 5.32 Å². The number of nitrogens with one attached hydrogen (secondary N) is 1. The molecule has 0 aromatic carbocycles. The normalized spacial score (nSPS) is 15.4. The number of amides is 1. The summed E-state index contributed by atoms with van der Waals surface area (Å²) in [5.41, 5.74) is -0.425. The van der Waals surface area contributed by atoms with Gasteiger partial charge in [-0.1, -0.05) is 11.6 Å². The molecule has 7 nitrogen and oxygen atoms in total. The van der Waals surface area contributed by atoms with Gasteiger partial charge >= 0.3 is 0 Å². The molecule has 1 unspecified atom stereocenters.